The van der Waals surface area contributed by atoms with E-state index in [0.717, 1.165) is 22.6 Å². The minimum absolute atomic E-state index is 0.226. The molecule has 0 atom stereocenters. The Morgan fingerprint density at radius 3 is 1.75 bits per heavy atom. The first-order valence-electron chi connectivity index (χ1n) is 10.1. The molecular weight excluding hydrogens is 483 g/mol. The van der Waals surface area contributed by atoms with Crippen LogP contribution in [0.4, 0.5) is 18.9 Å². The van der Waals surface area contributed by atoms with Crippen LogP contribution in [0.5, 0.6) is 11.5 Å². The predicted molar refractivity (Wildman–Crippen MR) is 124 cm³/mol. The van der Waals surface area contributed by atoms with Crippen LogP contribution < -0.4 is 14.4 Å². The molecule has 0 aliphatic carbocycles. The van der Waals surface area contributed by atoms with E-state index < -0.39 is 18.7 Å². The minimum atomic E-state index is -2.55. The fourth-order valence-corrected chi connectivity index (χ4v) is 4.21. The molecule has 0 fully saturated rings. The molecule has 0 aliphatic rings. The zero-order chi connectivity index (χ0) is 23.3. The van der Waals surface area contributed by atoms with E-state index in [4.69, 9.17) is 9.47 Å². The molecular formula is C25H25BrF3NO2. The monoisotopic (exact) mass is 507 g/mol. The largest absolute Gasteiger partial charge is 0.497 e. The van der Waals surface area contributed by atoms with Gasteiger partial charge < -0.3 is 14.4 Å². The number of halogens is 4. The highest BCUT2D eigenvalue weighted by Crippen LogP contribution is 2.34. The highest BCUT2D eigenvalue weighted by Gasteiger charge is 2.21. The summed E-state index contributed by atoms with van der Waals surface area (Å²) in [4.78, 5) is 1.89. The topological polar surface area (TPSA) is 21.7 Å². The lowest BCUT2D eigenvalue weighted by atomic mass is 10.0. The zero-order valence-electron chi connectivity index (χ0n) is 18.2. The van der Waals surface area contributed by atoms with Crippen LogP contribution in [0.15, 0.2) is 59.1 Å². The molecule has 0 bridgehead atoms. The Labute approximate surface area is 194 Å². The Morgan fingerprint density at radius 2 is 1.34 bits per heavy atom. The first-order valence-corrected chi connectivity index (χ1v) is 10.9. The number of anilines is 1. The van der Waals surface area contributed by atoms with Crippen molar-refractivity contribution in [3.05, 3.63) is 87.1 Å². The van der Waals surface area contributed by atoms with Crippen molar-refractivity contribution in [2.45, 2.75) is 32.9 Å². The predicted octanol–water partition coefficient (Wildman–Crippen LogP) is 6.93. The van der Waals surface area contributed by atoms with Crippen molar-refractivity contribution >= 4 is 21.6 Å². The molecule has 32 heavy (non-hydrogen) atoms. The highest BCUT2D eigenvalue weighted by atomic mass is 79.9. The minimum Gasteiger partial charge on any atom is -0.497 e. The number of benzene rings is 3. The van der Waals surface area contributed by atoms with Crippen LogP contribution >= 0.6 is 15.9 Å². The highest BCUT2D eigenvalue weighted by molar-refractivity contribution is 9.10. The van der Waals surface area contributed by atoms with Gasteiger partial charge >= 0.3 is 0 Å². The lowest BCUT2D eigenvalue weighted by Gasteiger charge is -2.27. The second-order valence-electron chi connectivity index (χ2n) is 7.44. The third-order valence-electron chi connectivity index (χ3n) is 5.32. The smallest absolute Gasteiger partial charge is 0.242 e. The molecule has 0 saturated heterocycles. The SMILES string of the molecule is COc1ccc(CN(Cc2ccc(OC)cc2)c2cc(Br)c(CC(F)F)c(C)c2F)cc1. The average molecular weight is 508 g/mol. The van der Waals surface area contributed by atoms with Crippen LogP contribution in [0.3, 0.4) is 0 Å². The van der Waals surface area contributed by atoms with Gasteiger partial charge in [0, 0.05) is 24.0 Å². The van der Waals surface area contributed by atoms with Gasteiger partial charge in [0.1, 0.15) is 17.3 Å². The average Bonchev–Trinajstić information content (AvgIpc) is 2.79. The van der Waals surface area contributed by atoms with E-state index in [0.29, 0.717) is 23.2 Å². The number of rotatable bonds is 9. The second-order valence-corrected chi connectivity index (χ2v) is 8.30. The van der Waals surface area contributed by atoms with Gasteiger partial charge in [-0.1, -0.05) is 40.2 Å². The van der Waals surface area contributed by atoms with Crippen LogP contribution in [-0.4, -0.2) is 20.6 Å². The summed E-state index contributed by atoms with van der Waals surface area (Å²) in [7, 11) is 3.20. The van der Waals surface area contributed by atoms with Crippen LogP contribution in [0.25, 0.3) is 0 Å². The number of alkyl halides is 2. The number of hydrogen-bond donors (Lipinski definition) is 0. The van der Waals surface area contributed by atoms with Gasteiger partial charge in [0.05, 0.1) is 19.9 Å². The molecule has 3 aromatic carbocycles. The maximum atomic E-state index is 15.4. The summed E-state index contributed by atoms with van der Waals surface area (Å²) >= 11 is 3.38. The van der Waals surface area contributed by atoms with Gasteiger partial charge in [0.25, 0.3) is 0 Å². The van der Waals surface area contributed by atoms with Crippen molar-refractivity contribution in [1.29, 1.82) is 0 Å². The van der Waals surface area contributed by atoms with Crippen molar-refractivity contribution in [2.75, 3.05) is 19.1 Å². The molecule has 7 heteroatoms. The first-order chi connectivity index (χ1) is 15.3. The molecule has 0 spiro atoms. The van der Waals surface area contributed by atoms with E-state index in [-0.39, 0.29) is 11.1 Å². The number of hydrogen-bond acceptors (Lipinski definition) is 3. The van der Waals surface area contributed by atoms with Gasteiger partial charge in [-0.25, -0.2) is 13.2 Å². The fourth-order valence-electron chi connectivity index (χ4n) is 3.54. The van der Waals surface area contributed by atoms with Crippen molar-refractivity contribution in [2.24, 2.45) is 0 Å². The number of ether oxygens (including phenoxy) is 2. The van der Waals surface area contributed by atoms with Gasteiger partial charge in [-0.3, -0.25) is 0 Å². The summed E-state index contributed by atoms with van der Waals surface area (Å²) in [5, 5.41) is 0. The maximum Gasteiger partial charge on any atom is 0.242 e. The van der Waals surface area contributed by atoms with E-state index in [2.05, 4.69) is 15.9 Å². The Morgan fingerprint density at radius 1 is 0.875 bits per heavy atom. The summed E-state index contributed by atoms with van der Waals surface area (Å²) in [5.74, 6) is 0.971. The van der Waals surface area contributed by atoms with Crippen LogP contribution in [-0.2, 0) is 19.5 Å². The Hall–Kier alpha value is -2.67. The van der Waals surface area contributed by atoms with Crippen LogP contribution in [0.1, 0.15) is 22.3 Å². The van der Waals surface area contributed by atoms with Crippen LogP contribution in [0, 0.1) is 12.7 Å². The molecule has 3 aromatic rings. The standard InChI is InChI=1S/C25H25BrF3NO2/c1-16-21(12-24(27)28)22(26)13-23(25(16)29)30(14-17-4-8-19(31-2)9-5-17)15-18-6-10-20(32-3)11-7-18/h4-11,13,24H,12,14-15H2,1-3H3. The maximum absolute atomic E-state index is 15.4. The summed E-state index contributed by atoms with van der Waals surface area (Å²) in [6.07, 6.45) is -3.05. The molecule has 0 heterocycles. The molecule has 0 amide bonds. The van der Waals surface area contributed by atoms with Gasteiger partial charge in [0.2, 0.25) is 6.43 Å². The van der Waals surface area contributed by atoms with E-state index in [9.17, 15) is 8.78 Å². The summed E-state index contributed by atoms with van der Waals surface area (Å²) < 4.78 is 52.3. The van der Waals surface area contributed by atoms with Gasteiger partial charge in [-0.2, -0.15) is 0 Å². The van der Waals surface area contributed by atoms with Gasteiger partial charge in [0.15, 0.2) is 0 Å². The lowest BCUT2D eigenvalue weighted by Crippen LogP contribution is -2.24. The molecule has 170 valence electrons. The normalized spacial score (nSPS) is 11.0. The van der Waals surface area contributed by atoms with Crippen LogP contribution in [0.2, 0.25) is 0 Å². The fraction of sp³-hybridized carbons (Fsp3) is 0.280. The Bertz CT molecular complexity index is 991. The third-order valence-corrected chi connectivity index (χ3v) is 6.03. The van der Waals surface area contributed by atoms with Crippen molar-refractivity contribution in [3.63, 3.8) is 0 Å². The van der Waals surface area contributed by atoms with E-state index in [1.54, 1.807) is 27.2 Å². The van der Waals surface area contributed by atoms with Crippen molar-refractivity contribution in [3.8, 4) is 11.5 Å². The molecule has 0 N–H and O–H groups in total. The van der Waals surface area contributed by atoms with Crippen molar-refractivity contribution < 1.29 is 22.6 Å². The second kappa shape index (κ2) is 10.8. The Kier molecular flexibility index (Phi) is 8.07. The summed E-state index contributed by atoms with van der Waals surface area (Å²) in [5.41, 5.74) is 2.78. The van der Waals surface area contributed by atoms with E-state index in [1.165, 1.54) is 0 Å². The van der Waals surface area contributed by atoms with Gasteiger partial charge in [-0.15, -0.1) is 0 Å². The number of nitrogens with zero attached hydrogens (tertiary/aromatic N) is 1. The third kappa shape index (κ3) is 5.76. The first kappa shape index (κ1) is 24.0. The van der Waals surface area contributed by atoms with Gasteiger partial charge in [-0.05, 0) is 59.5 Å². The quantitative estimate of drug-likeness (QED) is 0.313. The molecule has 0 radical (unpaired) electrons. The van der Waals surface area contributed by atoms with Crippen molar-refractivity contribution in [1.82, 2.24) is 0 Å². The Balaban J connectivity index is 2.00. The lowest BCUT2D eigenvalue weighted by molar-refractivity contribution is 0.148. The molecule has 3 rings (SSSR count). The van der Waals surface area contributed by atoms with E-state index in [1.807, 2.05) is 53.4 Å². The molecule has 0 aliphatic heterocycles. The van der Waals surface area contributed by atoms with E-state index >= 15 is 4.39 Å². The molecule has 0 unspecified atom stereocenters. The summed E-state index contributed by atoms with van der Waals surface area (Å²) in [6, 6.07) is 16.7. The summed E-state index contributed by atoms with van der Waals surface area (Å²) in [6.45, 7) is 2.39. The molecule has 0 saturated carbocycles. The zero-order valence-corrected chi connectivity index (χ0v) is 19.8. The molecule has 3 nitrogen and oxygen atoms in total. The molecule has 0 aromatic heterocycles. The number of methoxy groups -OCH3 is 2.